The van der Waals surface area contributed by atoms with Gasteiger partial charge in [-0.15, -0.1) is 6.58 Å². The van der Waals surface area contributed by atoms with Crippen molar-refractivity contribution in [1.29, 1.82) is 0 Å². The molecule has 13 heavy (non-hydrogen) atoms. The molecule has 0 aliphatic rings. The van der Waals surface area contributed by atoms with Gasteiger partial charge in [0.15, 0.2) is 0 Å². The van der Waals surface area contributed by atoms with Gasteiger partial charge in [-0.2, -0.15) is 0 Å². The molecule has 1 rings (SSSR count). The third kappa shape index (κ3) is 2.70. The molecule has 1 aromatic carbocycles. The summed E-state index contributed by atoms with van der Waals surface area (Å²) in [7, 11) is 0. The van der Waals surface area contributed by atoms with Gasteiger partial charge in [0.2, 0.25) is 0 Å². The molecule has 1 aromatic rings. The molecule has 0 saturated heterocycles. The standard InChI is InChI=1S/C10H12INO/c1-2-3-9(12)8-6-7(11)4-5-10(8)13/h2,4-6,9,13H,1,3,12H2. The molecule has 0 aliphatic carbocycles. The first-order valence-corrected chi connectivity index (χ1v) is 5.08. The minimum atomic E-state index is -0.160. The maximum absolute atomic E-state index is 9.51. The van der Waals surface area contributed by atoms with Crippen LogP contribution in [0, 0.1) is 3.57 Å². The second-order valence-corrected chi connectivity index (χ2v) is 4.08. The molecular weight excluding hydrogens is 277 g/mol. The Morgan fingerprint density at radius 2 is 2.31 bits per heavy atom. The lowest BCUT2D eigenvalue weighted by Gasteiger charge is -2.11. The van der Waals surface area contributed by atoms with Crippen molar-refractivity contribution in [1.82, 2.24) is 0 Å². The van der Waals surface area contributed by atoms with E-state index in [9.17, 15) is 5.11 Å². The second kappa shape index (κ2) is 4.62. The lowest BCUT2D eigenvalue weighted by atomic mass is 10.0. The molecule has 3 N–H and O–H groups in total. The van der Waals surface area contributed by atoms with Crippen LogP contribution in [-0.2, 0) is 0 Å². The van der Waals surface area contributed by atoms with Crippen molar-refractivity contribution in [3.63, 3.8) is 0 Å². The monoisotopic (exact) mass is 289 g/mol. The Morgan fingerprint density at radius 1 is 1.62 bits per heavy atom. The van der Waals surface area contributed by atoms with Crippen LogP contribution in [0.1, 0.15) is 18.0 Å². The van der Waals surface area contributed by atoms with Crippen molar-refractivity contribution in [2.24, 2.45) is 5.73 Å². The zero-order valence-corrected chi connectivity index (χ0v) is 9.36. The number of benzene rings is 1. The lowest BCUT2D eigenvalue weighted by molar-refractivity contribution is 0.461. The number of phenolic OH excluding ortho intramolecular Hbond substituents is 1. The van der Waals surface area contributed by atoms with Crippen molar-refractivity contribution >= 4 is 22.6 Å². The summed E-state index contributed by atoms with van der Waals surface area (Å²) >= 11 is 2.19. The number of phenols is 1. The lowest BCUT2D eigenvalue weighted by Crippen LogP contribution is -2.09. The van der Waals surface area contributed by atoms with Gasteiger partial charge in [-0.05, 0) is 47.2 Å². The Bertz CT molecular complexity index is 312. The summed E-state index contributed by atoms with van der Waals surface area (Å²) in [4.78, 5) is 0. The molecule has 0 aromatic heterocycles. The van der Waals surface area contributed by atoms with E-state index in [1.54, 1.807) is 12.1 Å². The third-order valence-electron chi connectivity index (χ3n) is 1.81. The number of rotatable bonds is 3. The molecule has 0 spiro atoms. The summed E-state index contributed by atoms with van der Waals surface area (Å²) in [6.07, 6.45) is 2.43. The molecule has 0 amide bonds. The Hall–Kier alpha value is -0.550. The van der Waals surface area contributed by atoms with Gasteiger partial charge in [-0.1, -0.05) is 6.08 Å². The molecule has 0 heterocycles. The van der Waals surface area contributed by atoms with Gasteiger partial charge in [0.25, 0.3) is 0 Å². The topological polar surface area (TPSA) is 46.2 Å². The maximum atomic E-state index is 9.51. The largest absolute Gasteiger partial charge is 0.508 e. The van der Waals surface area contributed by atoms with Crippen molar-refractivity contribution in [3.05, 3.63) is 40.0 Å². The number of aromatic hydroxyl groups is 1. The smallest absolute Gasteiger partial charge is 0.120 e. The van der Waals surface area contributed by atoms with Crippen molar-refractivity contribution in [2.75, 3.05) is 0 Å². The summed E-state index contributed by atoms with van der Waals surface area (Å²) in [5, 5.41) is 9.51. The average molecular weight is 289 g/mol. The van der Waals surface area contributed by atoms with Gasteiger partial charge in [0.05, 0.1) is 0 Å². The van der Waals surface area contributed by atoms with E-state index in [2.05, 4.69) is 29.2 Å². The molecule has 0 aliphatic heterocycles. The van der Waals surface area contributed by atoms with E-state index in [0.29, 0.717) is 6.42 Å². The highest BCUT2D eigenvalue weighted by Gasteiger charge is 2.09. The zero-order chi connectivity index (χ0) is 9.84. The minimum Gasteiger partial charge on any atom is -0.508 e. The molecule has 0 saturated carbocycles. The Balaban J connectivity index is 2.97. The van der Waals surface area contributed by atoms with E-state index in [1.165, 1.54) is 0 Å². The highest BCUT2D eigenvalue weighted by molar-refractivity contribution is 14.1. The molecule has 0 radical (unpaired) electrons. The van der Waals surface area contributed by atoms with Crippen LogP contribution in [0.15, 0.2) is 30.9 Å². The molecule has 70 valence electrons. The summed E-state index contributed by atoms with van der Waals surface area (Å²) < 4.78 is 1.07. The van der Waals surface area contributed by atoms with Crippen LogP contribution in [0.25, 0.3) is 0 Å². The van der Waals surface area contributed by atoms with Gasteiger partial charge >= 0.3 is 0 Å². The number of hydrogen-bond donors (Lipinski definition) is 2. The molecule has 0 bridgehead atoms. The Kier molecular flexibility index (Phi) is 3.74. The van der Waals surface area contributed by atoms with Crippen LogP contribution >= 0.6 is 22.6 Å². The van der Waals surface area contributed by atoms with E-state index in [4.69, 9.17) is 5.73 Å². The predicted octanol–water partition coefficient (Wildman–Crippen LogP) is 2.57. The van der Waals surface area contributed by atoms with Crippen LogP contribution in [0.2, 0.25) is 0 Å². The van der Waals surface area contributed by atoms with E-state index >= 15 is 0 Å². The number of hydrogen-bond acceptors (Lipinski definition) is 2. The van der Waals surface area contributed by atoms with Gasteiger partial charge in [-0.3, -0.25) is 0 Å². The quantitative estimate of drug-likeness (QED) is 0.663. The fourth-order valence-electron chi connectivity index (χ4n) is 1.13. The fraction of sp³-hybridized carbons (Fsp3) is 0.200. The van der Waals surface area contributed by atoms with Crippen LogP contribution in [0.3, 0.4) is 0 Å². The first-order valence-electron chi connectivity index (χ1n) is 4.00. The predicted molar refractivity (Wildman–Crippen MR) is 62.6 cm³/mol. The van der Waals surface area contributed by atoms with Gasteiger partial charge in [0.1, 0.15) is 5.75 Å². The Morgan fingerprint density at radius 3 is 2.92 bits per heavy atom. The van der Waals surface area contributed by atoms with E-state index < -0.39 is 0 Å². The first kappa shape index (κ1) is 10.5. The van der Waals surface area contributed by atoms with E-state index in [0.717, 1.165) is 9.13 Å². The molecule has 2 nitrogen and oxygen atoms in total. The Labute approximate surface area is 91.6 Å². The fourth-order valence-corrected chi connectivity index (χ4v) is 1.64. The molecule has 1 unspecified atom stereocenters. The molecule has 3 heteroatoms. The molecule has 1 atom stereocenters. The van der Waals surface area contributed by atoms with Gasteiger partial charge < -0.3 is 10.8 Å². The van der Waals surface area contributed by atoms with E-state index in [1.807, 2.05) is 12.1 Å². The number of nitrogens with two attached hydrogens (primary N) is 1. The summed E-state index contributed by atoms with van der Waals surface area (Å²) in [5.74, 6) is 0.259. The van der Waals surface area contributed by atoms with Crippen molar-refractivity contribution < 1.29 is 5.11 Å². The number of halogens is 1. The molecular formula is C10H12INO. The van der Waals surface area contributed by atoms with Gasteiger partial charge in [-0.25, -0.2) is 0 Å². The zero-order valence-electron chi connectivity index (χ0n) is 7.20. The van der Waals surface area contributed by atoms with Gasteiger partial charge in [0, 0.05) is 15.2 Å². The van der Waals surface area contributed by atoms with Crippen molar-refractivity contribution in [2.45, 2.75) is 12.5 Å². The van der Waals surface area contributed by atoms with Crippen molar-refractivity contribution in [3.8, 4) is 5.75 Å². The summed E-state index contributed by atoms with van der Waals surface area (Å²) in [6.45, 7) is 3.61. The second-order valence-electron chi connectivity index (χ2n) is 2.83. The maximum Gasteiger partial charge on any atom is 0.120 e. The highest BCUT2D eigenvalue weighted by atomic mass is 127. The SMILES string of the molecule is C=CCC(N)c1cc(I)ccc1O. The average Bonchev–Trinajstić information content (AvgIpc) is 2.09. The highest BCUT2D eigenvalue weighted by Crippen LogP contribution is 2.26. The molecule has 0 fully saturated rings. The normalized spacial score (nSPS) is 12.5. The van der Waals surface area contributed by atoms with Crippen LogP contribution < -0.4 is 5.73 Å². The van der Waals surface area contributed by atoms with Crippen LogP contribution in [0.5, 0.6) is 5.75 Å². The minimum absolute atomic E-state index is 0.160. The van der Waals surface area contributed by atoms with Crippen LogP contribution in [-0.4, -0.2) is 5.11 Å². The summed E-state index contributed by atoms with van der Waals surface area (Å²) in [5.41, 5.74) is 6.62. The third-order valence-corrected chi connectivity index (χ3v) is 2.48. The first-order chi connectivity index (χ1) is 6.15. The summed E-state index contributed by atoms with van der Waals surface area (Å²) in [6, 6.07) is 5.25. The van der Waals surface area contributed by atoms with E-state index in [-0.39, 0.29) is 11.8 Å². The van der Waals surface area contributed by atoms with Crippen LogP contribution in [0.4, 0.5) is 0 Å².